The zero-order valence-corrected chi connectivity index (χ0v) is 9.04. The summed E-state index contributed by atoms with van der Waals surface area (Å²) in [5.41, 5.74) is 0. The highest BCUT2D eigenvalue weighted by Gasteiger charge is 2.24. The molecule has 2 nitrogen and oxygen atoms in total. The predicted molar refractivity (Wildman–Crippen MR) is 58.2 cm³/mol. The van der Waals surface area contributed by atoms with E-state index in [0.29, 0.717) is 6.04 Å². The summed E-state index contributed by atoms with van der Waals surface area (Å²) in [5, 5.41) is 13.1. The highest BCUT2D eigenvalue weighted by molar-refractivity contribution is 4.82. The Morgan fingerprint density at radius 1 is 1.00 bits per heavy atom. The van der Waals surface area contributed by atoms with Gasteiger partial charge >= 0.3 is 0 Å². The molecular weight excluding hydrogens is 174 g/mol. The molecule has 2 saturated carbocycles. The van der Waals surface area contributed by atoms with E-state index in [4.69, 9.17) is 0 Å². The third-order valence-electron chi connectivity index (χ3n) is 3.91. The molecule has 2 unspecified atom stereocenters. The molecule has 0 heterocycles. The van der Waals surface area contributed by atoms with Crippen molar-refractivity contribution in [3.8, 4) is 0 Å². The number of hydrogen-bond acceptors (Lipinski definition) is 2. The van der Waals surface area contributed by atoms with Gasteiger partial charge in [0.05, 0.1) is 6.10 Å². The molecule has 14 heavy (non-hydrogen) atoms. The van der Waals surface area contributed by atoms with E-state index < -0.39 is 0 Å². The number of hydrogen-bond donors (Lipinski definition) is 2. The van der Waals surface area contributed by atoms with E-state index in [1.807, 2.05) is 0 Å². The van der Waals surface area contributed by atoms with E-state index in [2.05, 4.69) is 5.32 Å². The summed E-state index contributed by atoms with van der Waals surface area (Å²) in [6.45, 7) is 1.12. The molecule has 0 radical (unpaired) electrons. The maximum Gasteiger partial charge on any atom is 0.0693 e. The second-order valence-electron chi connectivity index (χ2n) is 5.00. The summed E-state index contributed by atoms with van der Waals surface area (Å²) in [7, 11) is 0. The second-order valence-corrected chi connectivity index (χ2v) is 5.00. The molecule has 0 amide bonds. The Morgan fingerprint density at radius 2 is 1.79 bits per heavy atom. The SMILES string of the molecule is OC1CCCC1NCCC1CCCC1. The van der Waals surface area contributed by atoms with Crippen LogP contribution in [0.3, 0.4) is 0 Å². The first-order valence-electron chi connectivity index (χ1n) is 6.28. The van der Waals surface area contributed by atoms with Crippen molar-refractivity contribution in [2.45, 2.75) is 63.5 Å². The summed E-state index contributed by atoms with van der Waals surface area (Å²) in [4.78, 5) is 0. The summed E-state index contributed by atoms with van der Waals surface area (Å²) >= 11 is 0. The topological polar surface area (TPSA) is 32.3 Å². The van der Waals surface area contributed by atoms with Gasteiger partial charge in [0.25, 0.3) is 0 Å². The molecule has 0 aromatic rings. The average Bonchev–Trinajstić information content (AvgIpc) is 2.78. The molecule has 2 heteroatoms. The zero-order valence-electron chi connectivity index (χ0n) is 9.04. The third-order valence-corrected chi connectivity index (χ3v) is 3.91. The highest BCUT2D eigenvalue weighted by atomic mass is 16.3. The minimum Gasteiger partial charge on any atom is -0.392 e. The molecule has 0 spiro atoms. The Hall–Kier alpha value is -0.0800. The van der Waals surface area contributed by atoms with Gasteiger partial charge in [-0.15, -0.1) is 0 Å². The van der Waals surface area contributed by atoms with Gasteiger partial charge in [0.1, 0.15) is 0 Å². The van der Waals surface area contributed by atoms with Gasteiger partial charge in [0.15, 0.2) is 0 Å². The first-order chi connectivity index (χ1) is 6.86. The van der Waals surface area contributed by atoms with Crippen LogP contribution >= 0.6 is 0 Å². The average molecular weight is 197 g/mol. The van der Waals surface area contributed by atoms with Gasteiger partial charge in [-0.05, 0) is 38.1 Å². The van der Waals surface area contributed by atoms with Crippen molar-refractivity contribution in [1.82, 2.24) is 5.32 Å². The van der Waals surface area contributed by atoms with Gasteiger partial charge in [0, 0.05) is 6.04 Å². The maximum absolute atomic E-state index is 9.62. The van der Waals surface area contributed by atoms with Gasteiger partial charge in [-0.2, -0.15) is 0 Å². The Labute approximate surface area is 87.1 Å². The van der Waals surface area contributed by atoms with Crippen LogP contribution in [0, 0.1) is 5.92 Å². The fourth-order valence-electron chi connectivity index (χ4n) is 2.95. The molecule has 2 N–H and O–H groups in total. The number of aliphatic hydroxyl groups excluding tert-OH is 1. The first-order valence-corrected chi connectivity index (χ1v) is 6.28. The molecule has 0 bridgehead atoms. The molecule has 2 aliphatic carbocycles. The number of aliphatic hydroxyl groups is 1. The van der Waals surface area contributed by atoms with Crippen LogP contribution in [0.2, 0.25) is 0 Å². The summed E-state index contributed by atoms with van der Waals surface area (Å²) < 4.78 is 0. The molecule has 2 aliphatic rings. The minimum atomic E-state index is -0.0708. The molecule has 0 aromatic carbocycles. The fraction of sp³-hybridized carbons (Fsp3) is 1.00. The fourth-order valence-corrected chi connectivity index (χ4v) is 2.95. The lowest BCUT2D eigenvalue weighted by atomic mass is 10.0. The second kappa shape index (κ2) is 5.13. The van der Waals surface area contributed by atoms with E-state index >= 15 is 0 Å². The van der Waals surface area contributed by atoms with Crippen molar-refractivity contribution < 1.29 is 5.11 Å². The molecular formula is C12H23NO. The monoisotopic (exact) mass is 197 g/mol. The Balaban J connectivity index is 1.57. The Kier molecular flexibility index (Phi) is 3.82. The third kappa shape index (κ3) is 2.71. The van der Waals surface area contributed by atoms with Crippen LogP contribution in [0.15, 0.2) is 0 Å². The zero-order chi connectivity index (χ0) is 9.80. The van der Waals surface area contributed by atoms with E-state index in [0.717, 1.165) is 18.9 Å². The standard InChI is InChI=1S/C12H23NO/c14-12-7-3-6-11(12)13-9-8-10-4-1-2-5-10/h10-14H,1-9H2. The lowest BCUT2D eigenvalue weighted by Crippen LogP contribution is -2.36. The van der Waals surface area contributed by atoms with Gasteiger partial charge in [-0.1, -0.05) is 25.7 Å². The molecule has 2 fully saturated rings. The van der Waals surface area contributed by atoms with Crippen molar-refractivity contribution in [3.63, 3.8) is 0 Å². The van der Waals surface area contributed by atoms with E-state index in [1.165, 1.54) is 44.9 Å². The minimum absolute atomic E-state index is 0.0708. The number of rotatable bonds is 4. The van der Waals surface area contributed by atoms with Gasteiger partial charge in [-0.25, -0.2) is 0 Å². The van der Waals surface area contributed by atoms with Crippen LogP contribution in [-0.2, 0) is 0 Å². The van der Waals surface area contributed by atoms with Crippen LogP contribution in [-0.4, -0.2) is 23.8 Å². The quantitative estimate of drug-likeness (QED) is 0.723. The molecule has 0 aliphatic heterocycles. The van der Waals surface area contributed by atoms with Crippen molar-refractivity contribution >= 4 is 0 Å². The molecule has 0 saturated heterocycles. The maximum atomic E-state index is 9.62. The Morgan fingerprint density at radius 3 is 2.43 bits per heavy atom. The van der Waals surface area contributed by atoms with Crippen molar-refractivity contribution in [1.29, 1.82) is 0 Å². The molecule has 2 rings (SSSR count). The predicted octanol–water partition coefficient (Wildman–Crippen LogP) is 2.07. The van der Waals surface area contributed by atoms with Gasteiger partial charge in [0.2, 0.25) is 0 Å². The van der Waals surface area contributed by atoms with Crippen LogP contribution in [0.5, 0.6) is 0 Å². The van der Waals surface area contributed by atoms with Crippen LogP contribution < -0.4 is 5.32 Å². The van der Waals surface area contributed by atoms with E-state index in [-0.39, 0.29) is 6.10 Å². The highest BCUT2D eigenvalue weighted by Crippen LogP contribution is 2.27. The number of nitrogens with one attached hydrogen (secondary N) is 1. The molecule has 82 valence electrons. The Bertz CT molecular complexity index is 166. The van der Waals surface area contributed by atoms with Gasteiger partial charge in [-0.3, -0.25) is 0 Å². The van der Waals surface area contributed by atoms with Crippen molar-refractivity contribution in [2.75, 3.05) is 6.54 Å². The van der Waals surface area contributed by atoms with Crippen LogP contribution in [0.1, 0.15) is 51.4 Å². The van der Waals surface area contributed by atoms with Gasteiger partial charge < -0.3 is 10.4 Å². The summed E-state index contributed by atoms with van der Waals surface area (Å²) in [6.07, 6.45) is 10.4. The summed E-state index contributed by atoms with van der Waals surface area (Å²) in [6, 6.07) is 0.399. The van der Waals surface area contributed by atoms with E-state index in [9.17, 15) is 5.11 Å². The van der Waals surface area contributed by atoms with E-state index in [1.54, 1.807) is 0 Å². The normalized spacial score (nSPS) is 34.1. The lowest BCUT2D eigenvalue weighted by Gasteiger charge is -2.17. The van der Waals surface area contributed by atoms with Crippen molar-refractivity contribution in [2.24, 2.45) is 5.92 Å². The van der Waals surface area contributed by atoms with Crippen LogP contribution in [0.4, 0.5) is 0 Å². The summed E-state index contributed by atoms with van der Waals surface area (Å²) in [5.74, 6) is 0.973. The van der Waals surface area contributed by atoms with Crippen molar-refractivity contribution in [3.05, 3.63) is 0 Å². The lowest BCUT2D eigenvalue weighted by molar-refractivity contribution is 0.148. The smallest absolute Gasteiger partial charge is 0.0693 e. The molecule has 2 atom stereocenters. The first kappa shape index (κ1) is 10.4. The van der Waals surface area contributed by atoms with Crippen LogP contribution in [0.25, 0.3) is 0 Å². The largest absolute Gasteiger partial charge is 0.392 e. The molecule has 0 aromatic heterocycles.